The number of benzene rings is 2. The van der Waals surface area contributed by atoms with Crippen LogP contribution in [-0.4, -0.2) is 105 Å². The lowest BCUT2D eigenvalue weighted by Crippen LogP contribution is -2.72. The number of aryl methyl sites for hydroxylation is 1. The molecule has 3 fully saturated rings. The van der Waals surface area contributed by atoms with Crippen LogP contribution < -0.4 is 5.32 Å². The molecule has 6 rings (SSSR count). The van der Waals surface area contributed by atoms with Crippen LogP contribution in [-0.2, 0) is 24.1 Å². The van der Waals surface area contributed by atoms with Crippen LogP contribution in [0, 0.1) is 36.0 Å². The Kier molecular flexibility index (Phi) is 9.36. The molecule has 3 aromatic rings. The van der Waals surface area contributed by atoms with E-state index in [-0.39, 0.29) is 30.0 Å². The second-order valence-electron chi connectivity index (χ2n) is 12.0. The summed E-state index contributed by atoms with van der Waals surface area (Å²) in [6, 6.07) is 5.10. The number of hydrogen-bond acceptors (Lipinski definition) is 10. The highest BCUT2D eigenvalue weighted by molar-refractivity contribution is 7.99. The van der Waals surface area contributed by atoms with Gasteiger partial charge in [-0.25, -0.2) is 30.4 Å². The molecule has 0 amide bonds. The Hall–Kier alpha value is -2.80. The first kappa shape index (κ1) is 34.1. The predicted octanol–water partition coefficient (Wildman–Crippen LogP) is 4.24. The first-order chi connectivity index (χ1) is 22.3. The number of methoxy groups -OCH3 is 1. The van der Waals surface area contributed by atoms with E-state index in [1.807, 2.05) is 36.9 Å². The minimum absolute atomic E-state index is 0.0240. The van der Waals surface area contributed by atoms with Crippen molar-refractivity contribution in [3.8, 4) is 0 Å². The summed E-state index contributed by atoms with van der Waals surface area (Å²) in [5.74, 6) is -7.27. The normalized spacial score (nSPS) is 25.6. The van der Waals surface area contributed by atoms with Crippen molar-refractivity contribution < 1.29 is 39.8 Å². The average Bonchev–Trinajstić information content (AvgIpc) is 3.75. The van der Waals surface area contributed by atoms with Gasteiger partial charge in [0.25, 0.3) is 0 Å². The molecule has 0 radical (unpaired) electrons. The summed E-state index contributed by atoms with van der Waals surface area (Å²) in [7, 11) is 0.699. The van der Waals surface area contributed by atoms with E-state index in [9.17, 15) is 26.0 Å². The lowest BCUT2D eigenvalue weighted by molar-refractivity contribution is -0.159. The zero-order valence-electron chi connectivity index (χ0n) is 26.1. The Labute approximate surface area is 273 Å². The van der Waals surface area contributed by atoms with Gasteiger partial charge in [0.2, 0.25) is 0 Å². The Morgan fingerprint density at radius 2 is 1.66 bits per heavy atom. The molecular formula is C30H35F5N6O4S2. The van der Waals surface area contributed by atoms with Gasteiger partial charge in [-0.05, 0) is 52.1 Å². The molecule has 10 nitrogen and oxygen atoms in total. The van der Waals surface area contributed by atoms with Crippen LogP contribution in [0.1, 0.15) is 24.1 Å². The van der Waals surface area contributed by atoms with Crippen molar-refractivity contribution in [2.45, 2.75) is 58.2 Å². The molecule has 1 aliphatic carbocycles. The van der Waals surface area contributed by atoms with Gasteiger partial charge in [0, 0.05) is 42.9 Å². The zero-order valence-corrected chi connectivity index (χ0v) is 27.7. The van der Waals surface area contributed by atoms with Crippen LogP contribution in [0.15, 0.2) is 40.1 Å². The molecule has 2 aliphatic heterocycles. The number of rotatable bonds is 9. The number of H-pyrrole nitrogens is 1. The molecule has 1 saturated carbocycles. The van der Waals surface area contributed by atoms with E-state index in [0.717, 1.165) is 29.6 Å². The molecule has 0 bridgehead atoms. The lowest BCUT2D eigenvalue weighted by atomic mass is 10.1. The average molecular weight is 703 g/mol. The van der Waals surface area contributed by atoms with E-state index >= 15 is 4.39 Å². The third-order valence-corrected chi connectivity index (χ3v) is 13.1. The summed E-state index contributed by atoms with van der Waals surface area (Å²) in [6.45, 7) is 4.23. The summed E-state index contributed by atoms with van der Waals surface area (Å²) in [4.78, 5) is 5.80. The monoisotopic (exact) mass is 702 g/mol. The van der Waals surface area contributed by atoms with Gasteiger partial charge in [-0.1, -0.05) is 11.8 Å². The molecule has 4 atom stereocenters. The van der Waals surface area contributed by atoms with Crippen molar-refractivity contribution >= 4 is 27.4 Å². The van der Waals surface area contributed by atoms with E-state index in [4.69, 9.17) is 9.47 Å². The lowest BCUT2D eigenvalue weighted by Gasteiger charge is -2.55. The second-order valence-corrected chi connectivity index (χ2v) is 15.4. The number of hydrogen-bond donors (Lipinski definition) is 2. The molecule has 2 aromatic carbocycles. The number of nitrogens with one attached hydrogen (secondary N) is 2. The minimum atomic E-state index is -4.67. The van der Waals surface area contributed by atoms with Gasteiger partial charge < -0.3 is 14.8 Å². The molecule has 0 spiro atoms. The van der Waals surface area contributed by atoms with E-state index < -0.39 is 71.9 Å². The number of anilines is 1. The van der Waals surface area contributed by atoms with E-state index in [1.165, 1.54) is 6.07 Å². The number of aromatic nitrogens is 2. The smallest absolute Gasteiger partial charge is 0.188 e. The topological polar surface area (TPSA) is 103 Å². The van der Waals surface area contributed by atoms with Gasteiger partial charge in [0.1, 0.15) is 34.1 Å². The number of aromatic amines is 1. The van der Waals surface area contributed by atoms with Crippen molar-refractivity contribution in [2.75, 3.05) is 52.8 Å². The molecule has 1 aromatic heterocycles. The highest BCUT2D eigenvalue weighted by atomic mass is 32.2. The van der Waals surface area contributed by atoms with Crippen molar-refractivity contribution in [2.24, 2.45) is 0 Å². The van der Waals surface area contributed by atoms with Crippen LogP contribution in [0.4, 0.5) is 27.8 Å². The molecule has 3 aliphatic rings. The number of ether oxygens (including phenoxy) is 2. The van der Waals surface area contributed by atoms with Crippen LogP contribution >= 0.6 is 11.8 Å². The van der Waals surface area contributed by atoms with Crippen LogP contribution in [0.25, 0.3) is 0 Å². The number of halogens is 5. The Morgan fingerprint density at radius 1 is 1.00 bits per heavy atom. The van der Waals surface area contributed by atoms with Gasteiger partial charge in [0.05, 0.1) is 29.8 Å². The fourth-order valence-corrected chi connectivity index (χ4v) is 9.73. The fourth-order valence-electron chi connectivity index (χ4n) is 6.56. The number of morpholine rings is 1. The fraction of sp³-hybridized carbons (Fsp3) is 0.500. The van der Waals surface area contributed by atoms with Crippen molar-refractivity contribution in [3.63, 3.8) is 0 Å². The van der Waals surface area contributed by atoms with E-state index in [1.54, 1.807) is 7.11 Å². The predicted molar refractivity (Wildman–Crippen MR) is 164 cm³/mol. The zero-order chi connectivity index (χ0) is 33.8. The van der Waals surface area contributed by atoms with Crippen LogP contribution in [0.5, 0.6) is 0 Å². The molecule has 3 heterocycles. The Morgan fingerprint density at radius 3 is 2.21 bits per heavy atom. The maximum Gasteiger partial charge on any atom is 0.188 e. The van der Waals surface area contributed by atoms with Gasteiger partial charge >= 0.3 is 0 Å². The highest BCUT2D eigenvalue weighted by Gasteiger charge is 2.60. The standard InChI is InChI=1S/C30H35F5N6O4S2/c1-16-13-22(38-37-16)36-27-26(44-4)28(41-9-11-45-12-10-41)40(3)29(39(27)2)46-21-6-5-17(14-18(21)31)47(42,43)30(7-8-30)23-24(34)19(32)15-20(33)25(23)35/h5-6,13-15,26-29H,7-12H2,1-4H3,(H2,36,37,38). The molecule has 2 N–H and O–H groups in total. The summed E-state index contributed by atoms with van der Waals surface area (Å²) < 4.78 is 110. The summed E-state index contributed by atoms with van der Waals surface area (Å²) >= 11 is 1.14. The Bertz CT molecular complexity index is 1730. The number of sulfone groups is 1. The van der Waals surface area contributed by atoms with Gasteiger partial charge in [-0.15, -0.1) is 0 Å². The molecule has 47 heavy (non-hydrogen) atoms. The summed E-state index contributed by atoms with van der Waals surface area (Å²) in [5, 5.41) is 10.7. The SMILES string of the molecule is COC1C(Nc2cc(C)[nH]n2)N(C)C(Sc2ccc(S(=O)(=O)C3(c4c(F)c(F)cc(F)c4F)CC3)cc2F)N(C)C1N1CCOCC1. The number of likely N-dealkylation sites (N-methyl/N-ethyl adjacent to an activating group) is 2. The quantitative estimate of drug-likeness (QED) is 0.249. The van der Waals surface area contributed by atoms with E-state index in [0.29, 0.717) is 32.1 Å². The molecular weight excluding hydrogens is 667 g/mol. The second kappa shape index (κ2) is 12.9. The molecule has 4 unspecified atom stereocenters. The van der Waals surface area contributed by atoms with Gasteiger partial charge in [0.15, 0.2) is 33.1 Å². The third-order valence-electron chi connectivity index (χ3n) is 9.08. The highest BCUT2D eigenvalue weighted by Crippen LogP contribution is 2.57. The summed E-state index contributed by atoms with van der Waals surface area (Å²) in [5.41, 5.74) is -0.852. The summed E-state index contributed by atoms with van der Waals surface area (Å²) in [6.07, 6.45) is -1.66. The molecule has 17 heteroatoms. The van der Waals surface area contributed by atoms with Crippen molar-refractivity contribution in [1.82, 2.24) is 24.9 Å². The van der Waals surface area contributed by atoms with Crippen LogP contribution in [0.3, 0.4) is 0 Å². The minimum Gasteiger partial charge on any atom is -0.379 e. The third kappa shape index (κ3) is 5.93. The molecule has 256 valence electrons. The Balaban J connectivity index is 1.32. The number of thioether (sulfide) groups is 1. The van der Waals surface area contributed by atoms with Gasteiger partial charge in [-0.3, -0.25) is 19.8 Å². The maximum atomic E-state index is 15.9. The first-order valence-corrected chi connectivity index (χ1v) is 17.3. The molecule has 2 saturated heterocycles. The van der Waals surface area contributed by atoms with Crippen LogP contribution in [0.2, 0.25) is 0 Å². The van der Waals surface area contributed by atoms with Crippen molar-refractivity contribution in [1.29, 1.82) is 0 Å². The number of nitrogens with zero attached hydrogens (tertiary/aromatic N) is 4. The van der Waals surface area contributed by atoms with E-state index in [2.05, 4.69) is 20.4 Å². The largest absolute Gasteiger partial charge is 0.379 e. The van der Waals surface area contributed by atoms with Gasteiger partial charge in [-0.2, -0.15) is 5.10 Å². The first-order valence-electron chi connectivity index (χ1n) is 14.9. The van der Waals surface area contributed by atoms with Crippen molar-refractivity contribution in [3.05, 3.63) is 70.7 Å². The maximum absolute atomic E-state index is 15.9.